The van der Waals surface area contributed by atoms with Gasteiger partial charge < -0.3 is 9.96 Å². The van der Waals surface area contributed by atoms with Gasteiger partial charge in [0.1, 0.15) is 8.96 Å². The summed E-state index contributed by atoms with van der Waals surface area (Å²) in [7, 11) is -2.68. The van der Waals surface area contributed by atoms with Gasteiger partial charge in [0.2, 0.25) is 0 Å². The average Bonchev–Trinajstić information content (AvgIpc) is 2.34. The van der Waals surface area contributed by atoms with Crippen molar-refractivity contribution in [2.45, 2.75) is 97.1 Å². The van der Waals surface area contributed by atoms with Crippen LogP contribution in [-0.2, 0) is 0 Å². The van der Waals surface area contributed by atoms with E-state index in [1.54, 1.807) is 0 Å². The molecule has 3 unspecified atom stereocenters. The fourth-order valence-corrected chi connectivity index (χ4v) is 8.94. The summed E-state index contributed by atoms with van der Waals surface area (Å²) in [4.78, 5) is 7.94. The Labute approximate surface area is 137 Å². The van der Waals surface area contributed by atoms with Crippen molar-refractivity contribution < 1.29 is 0 Å². The third-order valence-corrected chi connectivity index (χ3v) is 13.7. The number of hydrogen-bond acceptors (Lipinski definition) is 2. The van der Waals surface area contributed by atoms with Crippen LogP contribution in [0.25, 0.3) is 0 Å². The Hall–Kier alpha value is 0.0938. The first kappa shape index (κ1) is 21.1. The first-order valence-electron chi connectivity index (χ1n) is 8.52. The molecule has 0 aliphatic rings. The lowest BCUT2D eigenvalue weighted by molar-refractivity contribution is 0.414. The molecule has 2 nitrogen and oxygen atoms in total. The number of rotatable bonds is 8. The molecule has 0 aromatic heterocycles. The lowest BCUT2D eigenvalue weighted by Crippen LogP contribution is -2.66. The molecule has 0 aromatic rings. The standard InChI is InChI=1S/C17H40N2Si2/c1-12-17(9,15(5)18-20(10)14(3)4)21(11,13-2)19-16(6,7)8/h13-15,18-20H,2,12H2,1,3-11H3/t15-,17?,20?,21?/m0/s1. The zero-order valence-corrected chi connectivity index (χ0v) is 18.4. The highest BCUT2D eigenvalue weighted by atomic mass is 28.3. The maximum absolute atomic E-state index is 4.21. The summed E-state index contributed by atoms with van der Waals surface area (Å²) < 4.78 is 0. The Balaban J connectivity index is 5.42. The van der Waals surface area contributed by atoms with Gasteiger partial charge in [-0.3, -0.25) is 0 Å². The number of hydrogen-bond donors (Lipinski definition) is 2. The normalized spacial score (nSPS) is 21.5. The molecular weight excluding hydrogens is 288 g/mol. The second kappa shape index (κ2) is 7.58. The predicted octanol–water partition coefficient (Wildman–Crippen LogP) is 4.59. The molecule has 126 valence electrons. The lowest BCUT2D eigenvalue weighted by Gasteiger charge is -2.51. The van der Waals surface area contributed by atoms with E-state index in [4.69, 9.17) is 0 Å². The van der Waals surface area contributed by atoms with Gasteiger partial charge in [0.15, 0.2) is 8.24 Å². The monoisotopic (exact) mass is 328 g/mol. The van der Waals surface area contributed by atoms with Crippen molar-refractivity contribution in [3.63, 3.8) is 0 Å². The third kappa shape index (κ3) is 5.34. The fourth-order valence-electron chi connectivity index (χ4n) is 3.10. The van der Waals surface area contributed by atoms with Crippen LogP contribution in [0.2, 0.25) is 23.7 Å². The van der Waals surface area contributed by atoms with E-state index in [9.17, 15) is 0 Å². The lowest BCUT2D eigenvalue weighted by atomic mass is 10.0. The summed E-state index contributed by atoms with van der Waals surface area (Å²) in [6, 6.07) is 0.524. The van der Waals surface area contributed by atoms with Crippen LogP contribution in [0, 0.1) is 0 Å². The zero-order valence-electron chi connectivity index (χ0n) is 16.2. The molecule has 4 atom stereocenters. The van der Waals surface area contributed by atoms with Crippen LogP contribution < -0.4 is 9.96 Å². The Kier molecular flexibility index (Phi) is 7.61. The molecule has 0 bridgehead atoms. The van der Waals surface area contributed by atoms with Gasteiger partial charge in [-0.05, 0) is 31.4 Å². The van der Waals surface area contributed by atoms with Crippen molar-refractivity contribution in [1.82, 2.24) is 9.96 Å². The molecule has 4 heteroatoms. The minimum Gasteiger partial charge on any atom is -0.337 e. The molecule has 0 amide bonds. The van der Waals surface area contributed by atoms with E-state index in [1.807, 2.05) is 0 Å². The van der Waals surface area contributed by atoms with Crippen LogP contribution in [0.1, 0.15) is 61.8 Å². The van der Waals surface area contributed by atoms with Crippen LogP contribution in [0.15, 0.2) is 12.3 Å². The summed E-state index contributed by atoms with van der Waals surface area (Å²) in [5, 5.41) is 0.262. The third-order valence-electron chi connectivity index (χ3n) is 5.43. The molecule has 2 N–H and O–H groups in total. The molecule has 0 heterocycles. The topological polar surface area (TPSA) is 24.1 Å². The minimum atomic E-state index is -1.80. The summed E-state index contributed by atoms with van der Waals surface area (Å²) in [6.45, 7) is 27.7. The van der Waals surface area contributed by atoms with Crippen molar-refractivity contribution in [3.8, 4) is 0 Å². The van der Waals surface area contributed by atoms with E-state index in [-0.39, 0.29) is 10.6 Å². The van der Waals surface area contributed by atoms with E-state index in [0.717, 1.165) is 5.54 Å². The summed E-state index contributed by atoms with van der Waals surface area (Å²) in [5.41, 5.74) is 3.18. The maximum Gasteiger partial charge on any atom is 0.154 e. The van der Waals surface area contributed by atoms with Crippen molar-refractivity contribution >= 4 is 17.2 Å². The zero-order chi connectivity index (χ0) is 17.1. The van der Waals surface area contributed by atoms with Crippen molar-refractivity contribution in [1.29, 1.82) is 0 Å². The Morgan fingerprint density at radius 2 is 1.67 bits per heavy atom. The van der Waals surface area contributed by atoms with Crippen LogP contribution in [-0.4, -0.2) is 28.8 Å². The van der Waals surface area contributed by atoms with E-state index in [1.165, 1.54) is 6.42 Å². The molecule has 0 aromatic carbocycles. The van der Waals surface area contributed by atoms with Gasteiger partial charge in [0.25, 0.3) is 0 Å². The van der Waals surface area contributed by atoms with Gasteiger partial charge in [-0.15, -0.1) is 6.58 Å². The molecule has 0 radical (unpaired) electrons. The van der Waals surface area contributed by atoms with Crippen molar-refractivity contribution in [2.24, 2.45) is 0 Å². The fraction of sp³-hybridized carbons (Fsp3) is 0.882. The van der Waals surface area contributed by atoms with Gasteiger partial charge in [-0.25, -0.2) is 0 Å². The van der Waals surface area contributed by atoms with Gasteiger partial charge in [0, 0.05) is 11.6 Å². The van der Waals surface area contributed by atoms with Gasteiger partial charge >= 0.3 is 0 Å². The molecule has 0 fully saturated rings. The molecule has 0 rings (SSSR count). The summed E-state index contributed by atoms with van der Waals surface area (Å²) in [5.74, 6) is 0. The van der Waals surface area contributed by atoms with Gasteiger partial charge in [-0.2, -0.15) is 0 Å². The molecule has 0 saturated carbocycles. The van der Waals surface area contributed by atoms with Crippen LogP contribution in [0.5, 0.6) is 0 Å². The number of nitrogens with one attached hydrogen (secondary N) is 2. The van der Waals surface area contributed by atoms with Crippen LogP contribution >= 0.6 is 0 Å². The molecular formula is C17H40N2Si2. The molecule has 21 heavy (non-hydrogen) atoms. The summed E-state index contributed by atoms with van der Waals surface area (Å²) >= 11 is 0. The highest BCUT2D eigenvalue weighted by Gasteiger charge is 2.48. The Morgan fingerprint density at radius 1 is 1.19 bits per heavy atom. The highest BCUT2D eigenvalue weighted by Crippen LogP contribution is 2.44. The second-order valence-corrected chi connectivity index (χ2v) is 15.9. The van der Waals surface area contributed by atoms with Crippen molar-refractivity contribution in [3.05, 3.63) is 12.3 Å². The SMILES string of the molecule is C=C[Si](C)(NC(C)(C)C)C(C)(CC)[C@H](C)N[SiH](C)C(C)C. The van der Waals surface area contributed by atoms with E-state index < -0.39 is 17.2 Å². The second-order valence-electron chi connectivity index (χ2n) is 8.47. The largest absolute Gasteiger partial charge is 0.337 e. The van der Waals surface area contributed by atoms with Gasteiger partial charge in [0.05, 0.1) is 0 Å². The molecule has 0 saturated heterocycles. The first-order chi connectivity index (χ1) is 9.33. The van der Waals surface area contributed by atoms with E-state index in [2.05, 4.69) is 90.7 Å². The predicted molar refractivity (Wildman–Crippen MR) is 104 cm³/mol. The van der Waals surface area contributed by atoms with E-state index in [0.29, 0.717) is 6.04 Å². The average molecular weight is 329 g/mol. The Bertz CT molecular complexity index is 338. The van der Waals surface area contributed by atoms with Crippen LogP contribution in [0.3, 0.4) is 0 Å². The van der Waals surface area contributed by atoms with Gasteiger partial charge in [-0.1, -0.05) is 59.8 Å². The van der Waals surface area contributed by atoms with Crippen molar-refractivity contribution in [2.75, 3.05) is 0 Å². The Morgan fingerprint density at radius 3 is 1.95 bits per heavy atom. The maximum atomic E-state index is 4.21. The molecule has 0 spiro atoms. The smallest absolute Gasteiger partial charge is 0.154 e. The molecule has 0 aliphatic carbocycles. The quantitative estimate of drug-likeness (QED) is 0.637. The van der Waals surface area contributed by atoms with E-state index >= 15 is 0 Å². The first-order valence-corrected chi connectivity index (χ1v) is 13.5. The highest BCUT2D eigenvalue weighted by molar-refractivity contribution is 6.84. The minimum absolute atomic E-state index is 0.131. The molecule has 0 aliphatic heterocycles. The van der Waals surface area contributed by atoms with Crippen LogP contribution in [0.4, 0.5) is 0 Å². The summed E-state index contributed by atoms with van der Waals surface area (Å²) in [6.07, 6.45) is 1.18.